The van der Waals surface area contributed by atoms with Crippen molar-refractivity contribution in [1.82, 2.24) is 19.9 Å². The summed E-state index contributed by atoms with van der Waals surface area (Å²) in [6, 6.07) is 46.0. The standard InChI is InChI=1S/C17H19N3O3S.C17H17NO3S.C15H14N2O3S.C14H14N2O3S2.C11H13NO3S/c1-11(2)16(21)10-14-5-7-15(8-6-14)24(22,23)20-17-18-12(3)9-13(4)19-17;1-13(2)17(19)12-14-8-10-16(11-9-14)22(20,21)18-15-6-4-3-5-7-15;1-2-13(18)11-12-6-8-14(9-7-12)21(19,20)17-15-5-3-4-10-16-15;1-10(2)13(17)9-11-3-5-12(6-4-11)21(18,19)16-14-15-7-8-20-14;1-8(2)11(13)7-9-3-5-10(6-4-9)16(12,14)15/h5-9H,1,10H2,2-4H3,(H,18,19,20);3-11,18H,1,12H2,2H3;2-10H,1,11H2,(H,16,17);3-8H,1,9H2,2H3,(H,15,16);3-6H,1,7H2,2H3,(H2,12,14,15). The predicted molar refractivity (Wildman–Crippen MR) is 404 cm³/mol. The lowest BCUT2D eigenvalue weighted by Gasteiger charge is -2.08. The fourth-order valence-electron chi connectivity index (χ4n) is 8.30. The van der Waals surface area contributed by atoms with Crippen molar-refractivity contribution in [2.45, 2.75) is 98.1 Å². The van der Waals surface area contributed by atoms with Gasteiger partial charge in [-0.3, -0.25) is 38.1 Å². The maximum Gasteiger partial charge on any atom is 0.264 e. The number of hydrogen-bond acceptors (Lipinski definition) is 20. The van der Waals surface area contributed by atoms with E-state index in [1.807, 2.05) is 6.07 Å². The van der Waals surface area contributed by atoms with E-state index in [-0.39, 0.29) is 97.3 Å². The normalized spacial score (nSPS) is 11.0. The van der Waals surface area contributed by atoms with Crippen LogP contribution >= 0.6 is 11.3 Å². The number of nitrogens with zero attached hydrogens (tertiary/aromatic N) is 4. The summed E-state index contributed by atoms with van der Waals surface area (Å²) in [4.78, 5) is 73.9. The number of hydrogen-bond donors (Lipinski definition) is 5. The largest absolute Gasteiger partial charge is 0.295 e. The molecule has 9 rings (SSSR count). The Bertz CT molecular complexity index is 5160. The smallest absolute Gasteiger partial charge is 0.264 e. The maximum absolute atomic E-state index is 12.4. The summed E-state index contributed by atoms with van der Waals surface area (Å²) in [5.41, 5.74) is 7.48. The lowest BCUT2D eigenvalue weighted by atomic mass is 10.1. The van der Waals surface area contributed by atoms with Crippen molar-refractivity contribution in [3.8, 4) is 0 Å². The molecule has 3 heterocycles. The third kappa shape index (κ3) is 28.2. The second-order valence-corrected chi connectivity index (χ2v) is 32.1. The van der Waals surface area contributed by atoms with Crippen LogP contribution in [-0.4, -0.2) is 90.9 Å². The minimum Gasteiger partial charge on any atom is -0.295 e. The first-order chi connectivity index (χ1) is 48.7. The van der Waals surface area contributed by atoms with E-state index in [0.29, 0.717) is 44.5 Å². The Kier molecular flexibility index (Phi) is 31.0. The number of nitrogens with one attached hydrogen (secondary N) is 4. The van der Waals surface area contributed by atoms with Crippen LogP contribution < -0.4 is 24.0 Å². The van der Waals surface area contributed by atoms with Crippen LogP contribution in [0.1, 0.15) is 66.9 Å². The van der Waals surface area contributed by atoms with Crippen molar-refractivity contribution in [3.63, 3.8) is 0 Å². The third-order valence-corrected chi connectivity index (χ3v) is 21.2. The number of aryl methyl sites for hydroxylation is 2. The van der Waals surface area contributed by atoms with Crippen molar-refractivity contribution in [3.05, 3.63) is 294 Å². The van der Waals surface area contributed by atoms with E-state index in [1.54, 1.807) is 156 Å². The first-order valence-corrected chi connectivity index (χ1v) is 39.3. The molecule has 6 N–H and O–H groups in total. The zero-order valence-electron chi connectivity index (χ0n) is 57.6. The first-order valence-electron chi connectivity index (χ1n) is 30.9. The van der Waals surface area contributed by atoms with Gasteiger partial charge < -0.3 is 0 Å². The molecule has 0 amide bonds. The van der Waals surface area contributed by atoms with Gasteiger partial charge in [0.1, 0.15) is 5.82 Å². The van der Waals surface area contributed by atoms with Crippen LogP contribution in [0.15, 0.2) is 279 Å². The molecule has 0 aliphatic heterocycles. The van der Waals surface area contributed by atoms with Crippen molar-refractivity contribution in [2.24, 2.45) is 5.14 Å². The zero-order chi connectivity index (χ0) is 77.2. The maximum atomic E-state index is 12.4. The van der Waals surface area contributed by atoms with Gasteiger partial charge in [-0.15, -0.1) is 11.3 Å². The van der Waals surface area contributed by atoms with E-state index in [2.05, 4.69) is 71.7 Å². The molecule has 24 nitrogen and oxygen atoms in total. The second-order valence-electron chi connectivity index (χ2n) is 22.9. The molecular formula is C74H77N9O15S6. The van der Waals surface area contributed by atoms with Crippen molar-refractivity contribution < 1.29 is 66.1 Å². The van der Waals surface area contributed by atoms with Crippen molar-refractivity contribution in [2.75, 3.05) is 18.9 Å². The van der Waals surface area contributed by atoms with E-state index < -0.39 is 50.1 Å². The molecule has 0 saturated carbocycles. The van der Waals surface area contributed by atoms with Gasteiger partial charge >= 0.3 is 0 Å². The summed E-state index contributed by atoms with van der Waals surface area (Å²) < 4.78 is 129. The average molecular weight is 1520 g/mol. The summed E-state index contributed by atoms with van der Waals surface area (Å²) in [6.45, 7) is 27.9. The number of aromatic nitrogens is 4. The minimum atomic E-state index is -3.79. The van der Waals surface area contributed by atoms with Crippen LogP contribution in [0.25, 0.3) is 0 Å². The molecule has 0 aliphatic carbocycles. The number of carbonyl (C=O) groups excluding carboxylic acids is 5. The fraction of sp³-hybridized carbons (Fsp3) is 0.149. The molecule has 544 valence electrons. The highest BCUT2D eigenvalue weighted by Gasteiger charge is 2.20. The van der Waals surface area contributed by atoms with Crippen LogP contribution in [0, 0.1) is 13.8 Å². The molecule has 0 atom stereocenters. The van der Waals surface area contributed by atoms with Crippen LogP contribution in [0.3, 0.4) is 0 Å². The number of rotatable bonds is 28. The number of Topliss-reactive ketones (excluding diaryl/α,β-unsaturated/α-hetero) is 4. The Morgan fingerprint density at radius 2 is 0.750 bits per heavy atom. The molecular weight excluding hydrogens is 1450 g/mol. The van der Waals surface area contributed by atoms with Crippen molar-refractivity contribution >= 4 is 113 Å². The molecule has 0 unspecified atom stereocenters. The van der Waals surface area contributed by atoms with E-state index in [0.717, 1.165) is 27.8 Å². The van der Waals surface area contributed by atoms with E-state index in [9.17, 15) is 66.1 Å². The quantitative estimate of drug-likeness (QED) is 0.0284. The Morgan fingerprint density at radius 1 is 0.413 bits per heavy atom. The number of allylic oxidation sites excluding steroid dienone is 5. The van der Waals surface area contributed by atoms with Gasteiger partial charge in [0, 0.05) is 67.0 Å². The minimum absolute atomic E-state index is 0.0361. The lowest BCUT2D eigenvalue weighted by Crippen LogP contribution is -2.16. The SMILES string of the molecule is C=C(C)C(=O)Cc1ccc(S(=O)(=O)Nc2ccccc2)cc1.C=C(C)C(=O)Cc1ccc(S(=O)(=O)Nc2nc(C)cc(C)n2)cc1.C=C(C)C(=O)Cc1ccc(S(=O)(=O)Nc2nccs2)cc1.C=C(C)C(=O)Cc1ccc(S(N)(=O)=O)cc1.C=CC(=O)Cc1ccc(S(=O)(=O)Nc2ccccn2)cc1. The van der Waals surface area contributed by atoms with Crippen LogP contribution in [-0.2, 0) is 106 Å². The molecule has 104 heavy (non-hydrogen) atoms. The number of nitrogens with two attached hydrogens (primary N) is 1. The number of pyridine rings is 1. The topological polar surface area (TPSA) is 382 Å². The monoisotopic (exact) mass is 1520 g/mol. The molecule has 0 saturated heterocycles. The molecule has 0 bridgehead atoms. The molecule has 9 aromatic rings. The molecule has 0 aliphatic rings. The summed E-state index contributed by atoms with van der Waals surface area (Å²) in [7, 11) is -18.4. The molecule has 30 heteroatoms. The van der Waals surface area contributed by atoms with E-state index in [4.69, 9.17) is 5.14 Å². The number of benzene rings is 6. The highest BCUT2D eigenvalue weighted by Crippen LogP contribution is 2.22. The number of ketones is 5. The molecule has 0 radical (unpaired) electrons. The average Bonchev–Trinajstić information content (AvgIpc) is 0.999. The molecule has 0 spiro atoms. The number of para-hydroxylation sites is 1. The van der Waals surface area contributed by atoms with Gasteiger partial charge in [0.05, 0.1) is 24.5 Å². The highest BCUT2D eigenvalue weighted by molar-refractivity contribution is 7.93. The summed E-state index contributed by atoms with van der Waals surface area (Å²) in [5.74, 6) is -0.0880. The fourth-order valence-corrected chi connectivity index (χ4v) is 13.6. The second kappa shape index (κ2) is 38.4. The van der Waals surface area contributed by atoms with Gasteiger partial charge in [-0.25, -0.2) is 71.9 Å². The number of primary sulfonamides is 1. The first kappa shape index (κ1) is 83.8. The summed E-state index contributed by atoms with van der Waals surface area (Å²) in [5, 5.41) is 6.95. The number of sulfonamides is 5. The number of carbonyl (C=O) groups is 5. The van der Waals surface area contributed by atoms with Gasteiger partial charge in [-0.2, -0.15) is 0 Å². The Morgan fingerprint density at radius 3 is 1.08 bits per heavy atom. The Balaban J connectivity index is 0.000000235. The predicted octanol–water partition coefficient (Wildman–Crippen LogP) is 11.6. The van der Waals surface area contributed by atoms with Gasteiger partial charge in [-0.1, -0.05) is 118 Å². The van der Waals surface area contributed by atoms with Crippen LogP contribution in [0.4, 0.5) is 22.6 Å². The van der Waals surface area contributed by atoms with Gasteiger partial charge in [-0.05, 0) is 189 Å². The Labute approximate surface area is 611 Å². The van der Waals surface area contributed by atoms with Gasteiger partial charge in [0.25, 0.3) is 40.1 Å². The lowest BCUT2D eigenvalue weighted by molar-refractivity contribution is -0.115. The third-order valence-electron chi connectivity index (χ3n) is 13.9. The molecule has 3 aromatic heterocycles. The van der Waals surface area contributed by atoms with Gasteiger partial charge in [0.15, 0.2) is 34.0 Å². The number of thiazole rings is 1. The molecule has 6 aromatic carbocycles. The number of anilines is 4. The summed E-state index contributed by atoms with van der Waals surface area (Å²) >= 11 is 1.20. The molecule has 0 fully saturated rings. The highest BCUT2D eigenvalue weighted by atomic mass is 32.2. The Hall–Kier alpha value is -10.9. The zero-order valence-corrected chi connectivity index (χ0v) is 62.5. The van der Waals surface area contributed by atoms with Crippen LogP contribution in [0.2, 0.25) is 0 Å². The van der Waals surface area contributed by atoms with E-state index in [1.165, 1.54) is 90.5 Å². The van der Waals surface area contributed by atoms with Crippen molar-refractivity contribution in [1.29, 1.82) is 0 Å². The van der Waals surface area contributed by atoms with Gasteiger partial charge in [0.2, 0.25) is 16.0 Å². The van der Waals surface area contributed by atoms with E-state index >= 15 is 0 Å². The van der Waals surface area contributed by atoms with Crippen LogP contribution in [0.5, 0.6) is 0 Å². The summed E-state index contributed by atoms with van der Waals surface area (Å²) in [6.07, 6.45) is 5.34.